The van der Waals surface area contributed by atoms with Gasteiger partial charge in [-0.15, -0.1) is 0 Å². The molecule has 3 rings (SSSR count). The van der Waals surface area contributed by atoms with Gasteiger partial charge in [-0.25, -0.2) is 4.79 Å². The highest BCUT2D eigenvalue weighted by Crippen LogP contribution is 2.27. The Morgan fingerprint density at radius 1 is 1.20 bits per heavy atom. The minimum atomic E-state index is -0.370. The molecule has 106 valence electrons. The molecule has 0 aliphatic carbocycles. The molecule has 2 N–H and O–H groups in total. The lowest BCUT2D eigenvalue weighted by Crippen LogP contribution is -2.38. The third-order valence-electron chi connectivity index (χ3n) is 3.75. The first-order chi connectivity index (χ1) is 9.70. The Kier molecular flexibility index (Phi) is 3.31. The Bertz CT molecular complexity index is 529. The maximum atomic E-state index is 11.7. The fourth-order valence-electron chi connectivity index (χ4n) is 2.66. The van der Waals surface area contributed by atoms with Crippen LogP contribution in [-0.4, -0.2) is 37.7 Å². The standard InChI is InChI=1S/C14H17N3O3/c15-8-12-9-20-14(19)17(12)11-5-3-10(4-6-11)16-7-1-2-13(16)18/h3-6,12H,1-2,7-9,15H2/t12-/m0/s1. The first kappa shape index (κ1) is 12.9. The third kappa shape index (κ3) is 2.12. The van der Waals surface area contributed by atoms with E-state index in [0.29, 0.717) is 19.6 Å². The largest absolute Gasteiger partial charge is 0.447 e. The molecule has 0 spiro atoms. The molecule has 2 fully saturated rings. The number of nitrogens with two attached hydrogens (primary N) is 1. The summed E-state index contributed by atoms with van der Waals surface area (Å²) in [5, 5.41) is 0. The van der Waals surface area contributed by atoms with Crippen LogP contribution in [0, 0.1) is 0 Å². The lowest BCUT2D eigenvalue weighted by Gasteiger charge is -2.21. The van der Waals surface area contributed by atoms with Gasteiger partial charge >= 0.3 is 6.09 Å². The minimum absolute atomic E-state index is 0.123. The van der Waals surface area contributed by atoms with Gasteiger partial charge in [-0.2, -0.15) is 0 Å². The minimum Gasteiger partial charge on any atom is -0.447 e. The molecule has 2 saturated heterocycles. The number of hydrogen-bond donors (Lipinski definition) is 1. The van der Waals surface area contributed by atoms with Gasteiger partial charge in [0.25, 0.3) is 0 Å². The number of hydrogen-bond acceptors (Lipinski definition) is 4. The summed E-state index contributed by atoms with van der Waals surface area (Å²) < 4.78 is 5.01. The molecule has 6 heteroatoms. The van der Waals surface area contributed by atoms with Crippen LogP contribution in [0.3, 0.4) is 0 Å². The Morgan fingerprint density at radius 3 is 2.50 bits per heavy atom. The molecule has 0 unspecified atom stereocenters. The maximum absolute atomic E-state index is 11.7. The van der Waals surface area contributed by atoms with Gasteiger partial charge in [-0.1, -0.05) is 0 Å². The highest BCUT2D eigenvalue weighted by molar-refractivity contribution is 5.96. The first-order valence-corrected chi connectivity index (χ1v) is 6.77. The zero-order chi connectivity index (χ0) is 14.1. The molecule has 6 nitrogen and oxygen atoms in total. The van der Waals surface area contributed by atoms with Crippen molar-refractivity contribution < 1.29 is 14.3 Å². The van der Waals surface area contributed by atoms with Crippen LogP contribution in [0.2, 0.25) is 0 Å². The molecule has 2 aliphatic rings. The van der Waals surface area contributed by atoms with E-state index in [1.54, 1.807) is 9.80 Å². The summed E-state index contributed by atoms with van der Waals surface area (Å²) >= 11 is 0. The zero-order valence-electron chi connectivity index (χ0n) is 11.1. The Balaban J connectivity index is 1.82. The van der Waals surface area contributed by atoms with Crippen molar-refractivity contribution in [2.45, 2.75) is 18.9 Å². The summed E-state index contributed by atoms with van der Waals surface area (Å²) in [5.74, 6) is 0.151. The number of benzene rings is 1. The van der Waals surface area contributed by atoms with Crippen LogP contribution in [0.25, 0.3) is 0 Å². The molecule has 2 amide bonds. The smallest absolute Gasteiger partial charge is 0.414 e. The number of carbonyl (C=O) groups is 2. The average molecular weight is 275 g/mol. The van der Waals surface area contributed by atoms with Crippen molar-refractivity contribution >= 4 is 23.4 Å². The molecule has 1 aromatic rings. The van der Waals surface area contributed by atoms with Crippen molar-refractivity contribution in [3.8, 4) is 0 Å². The quantitative estimate of drug-likeness (QED) is 0.896. The monoisotopic (exact) mass is 275 g/mol. The van der Waals surface area contributed by atoms with E-state index in [-0.39, 0.29) is 18.0 Å². The average Bonchev–Trinajstić information content (AvgIpc) is 3.05. The van der Waals surface area contributed by atoms with E-state index in [0.717, 1.165) is 24.3 Å². The van der Waals surface area contributed by atoms with Crippen LogP contribution < -0.4 is 15.5 Å². The van der Waals surface area contributed by atoms with Crippen LogP contribution in [0.4, 0.5) is 16.2 Å². The van der Waals surface area contributed by atoms with Gasteiger partial charge < -0.3 is 15.4 Å². The van der Waals surface area contributed by atoms with Gasteiger partial charge in [0.15, 0.2) is 0 Å². The molecular formula is C14H17N3O3. The fourth-order valence-corrected chi connectivity index (χ4v) is 2.66. The van der Waals surface area contributed by atoms with Gasteiger partial charge in [0.2, 0.25) is 5.91 Å². The predicted molar refractivity (Wildman–Crippen MR) is 74.7 cm³/mol. The van der Waals surface area contributed by atoms with E-state index in [1.165, 1.54) is 0 Å². The topological polar surface area (TPSA) is 75.9 Å². The molecule has 2 aliphatic heterocycles. The molecule has 0 bridgehead atoms. The van der Waals surface area contributed by atoms with Gasteiger partial charge in [0.05, 0.1) is 6.04 Å². The van der Waals surface area contributed by atoms with Gasteiger partial charge in [-0.05, 0) is 30.7 Å². The van der Waals surface area contributed by atoms with E-state index < -0.39 is 0 Å². The van der Waals surface area contributed by atoms with Crippen molar-refractivity contribution in [2.75, 3.05) is 29.5 Å². The van der Waals surface area contributed by atoms with Crippen LogP contribution in [0.5, 0.6) is 0 Å². The van der Waals surface area contributed by atoms with E-state index in [1.807, 2.05) is 24.3 Å². The summed E-state index contributed by atoms with van der Waals surface area (Å²) in [4.78, 5) is 26.7. The van der Waals surface area contributed by atoms with Crippen LogP contribution in [0.15, 0.2) is 24.3 Å². The second kappa shape index (κ2) is 5.13. The van der Waals surface area contributed by atoms with Crippen LogP contribution >= 0.6 is 0 Å². The molecule has 0 aromatic heterocycles. The molecule has 0 saturated carbocycles. The van der Waals surface area contributed by atoms with E-state index in [4.69, 9.17) is 10.5 Å². The number of amides is 2. The Morgan fingerprint density at radius 2 is 1.90 bits per heavy atom. The Hall–Kier alpha value is -2.08. The number of ether oxygens (including phenoxy) is 1. The zero-order valence-corrected chi connectivity index (χ0v) is 11.1. The summed E-state index contributed by atoms with van der Waals surface area (Å²) in [6, 6.07) is 7.25. The number of rotatable bonds is 3. The molecular weight excluding hydrogens is 258 g/mol. The lowest BCUT2D eigenvalue weighted by molar-refractivity contribution is -0.117. The molecule has 2 heterocycles. The number of anilines is 2. The fraction of sp³-hybridized carbons (Fsp3) is 0.429. The van der Waals surface area contributed by atoms with E-state index in [9.17, 15) is 9.59 Å². The molecule has 1 aromatic carbocycles. The summed E-state index contributed by atoms with van der Waals surface area (Å²) in [6.07, 6.45) is 1.13. The lowest BCUT2D eigenvalue weighted by atomic mass is 10.2. The van der Waals surface area contributed by atoms with Gasteiger partial charge in [0.1, 0.15) is 6.61 Å². The Labute approximate surface area is 117 Å². The number of cyclic esters (lactones) is 1. The number of carbonyl (C=O) groups excluding carboxylic acids is 2. The molecule has 1 atom stereocenters. The summed E-state index contributed by atoms with van der Waals surface area (Å²) in [6.45, 7) is 1.44. The number of nitrogens with zero attached hydrogens (tertiary/aromatic N) is 2. The van der Waals surface area contributed by atoms with Crippen molar-refractivity contribution in [1.82, 2.24) is 0 Å². The second-order valence-corrected chi connectivity index (χ2v) is 5.00. The van der Waals surface area contributed by atoms with Crippen LogP contribution in [0.1, 0.15) is 12.8 Å². The predicted octanol–water partition coefficient (Wildman–Crippen LogP) is 1.10. The SMILES string of the molecule is NC[C@H]1COC(=O)N1c1ccc(N2CCCC2=O)cc1. The molecule has 20 heavy (non-hydrogen) atoms. The van der Waals surface area contributed by atoms with Crippen LogP contribution in [-0.2, 0) is 9.53 Å². The summed E-state index contributed by atoms with van der Waals surface area (Å²) in [5.41, 5.74) is 7.26. The highest BCUT2D eigenvalue weighted by Gasteiger charge is 2.33. The van der Waals surface area contributed by atoms with Crippen molar-refractivity contribution in [3.63, 3.8) is 0 Å². The van der Waals surface area contributed by atoms with E-state index >= 15 is 0 Å². The molecule has 0 radical (unpaired) electrons. The highest BCUT2D eigenvalue weighted by atomic mass is 16.6. The van der Waals surface area contributed by atoms with Crippen molar-refractivity contribution in [2.24, 2.45) is 5.73 Å². The second-order valence-electron chi connectivity index (χ2n) is 5.00. The van der Waals surface area contributed by atoms with Gasteiger partial charge in [0, 0.05) is 30.9 Å². The summed E-state index contributed by atoms with van der Waals surface area (Å²) in [7, 11) is 0. The van der Waals surface area contributed by atoms with E-state index in [2.05, 4.69) is 0 Å². The maximum Gasteiger partial charge on any atom is 0.414 e. The van der Waals surface area contributed by atoms with Crippen molar-refractivity contribution in [1.29, 1.82) is 0 Å². The third-order valence-corrected chi connectivity index (χ3v) is 3.75. The van der Waals surface area contributed by atoms with Gasteiger partial charge in [-0.3, -0.25) is 9.69 Å². The van der Waals surface area contributed by atoms with Crippen molar-refractivity contribution in [3.05, 3.63) is 24.3 Å². The first-order valence-electron chi connectivity index (χ1n) is 6.77. The normalized spacial score (nSPS) is 22.6.